The minimum absolute atomic E-state index is 0.0669. The van der Waals surface area contributed by atoms with Crippen molar-refractivity contribution < 1.29 is 14.4 Å². The molecular weight excluding hydrogens is 428 g/mol. The second-order valence-electron chi connectivity index (χ2n) is 8.47. The molecule has 2 aromatic carbocycles. The zero-order valence-electron chi connectivity index (χ0n) is 19.9. The van der Waals surface area contributed by atoms with E-state index < -0.39 is 0 Å². The summed E-state index contributed by atoms with van der Waals surface area (Å²) in [5, 5.41) is 6.74. The number of amides is 3. The Labute approximate surface area is 199 Å². The largest absolute Gasteiger partial charge is 0.349 e. The van der Waals surface area contributed by atoms with Crippen LogP contribution in [0.2, 0.25) is 0 Å². The number of anilines is 2. The summed E-state index contributed by atoms with van der Waals surface area (Å²) < 4.78 is 1.95. The van der Waals surface area contributed by atoms with Crippen molar-refractivity contribution in [1.29, 1.82) is 0 Å². The van der Waals surface area contributed by atoms with E-state index in [0.29, 0.717) is 36.6 Å². The van der Waals surface area contributed by atoms with Crippen LogP contribution in [0.25, 0.3) is 10.9 Å². The van der Waals surface area contributed by atoms with Crippen molar-refractivity contribution in [2.45, 2.75) is 40.2 Å². The number of aryl methyl sites for hydroxylation is 1. The van der Waals surface area contributed by atoms with E-state index in [9.17, 15) is 14.4 Å². The summed E-state index contributed by atoms with van der Waals surface area (Å²) in [4.78, 5) is 39.7. The predicted molar refractivity (Wildman–Crippen MR) is 135 cm³/mol. The van der Waals surface area contributed by atoms with Gasteiger partial charge in [0, 0.05) is 47.5 Å². The Morgan fingerprint density at radius 2 is 1.97 bits per heavy atom. The lowest BCUT2D eigenvalue weighted by molar-refractivity contribution is -0.114. The van der Waals surface area contributed by atoms with E-state index in [1.165, 1.54) is 0 Å². The molecule has 176 valence electrons. The monoisotopic (exact) mass is 458 g/mol. The van der Waals surface area contributed by atoms with Gasteiger partial charge in [-0.2, -0.15) is 0 Å². The van der Waals surface area contributed by atoms with Crippen LogP contribution >= 0.6 is 0 Å². The lowest BCUT2D eigenvalue weighted by atomic mass is 10.1. The third-order valence-corrected chi connectivity index (χ3v) is 5.99. The molecule has 7 nitrogen and oxygen atoms in total. The zero-order chi connectivity index (χ0) is 24.2. The van der Waals surface area contributed by atoms with Gasteiger partial charge in [0.25, 0.3) is 17.7 Å². The van der Waals surface area contributed by atoms with Crippen LogP contribution in [0, 0.1) is 6.92 Å². The van der Waals surface area contributed by atoms with Crippen molar-refractivity contribution in [3.05, 3.63) is 71.4 Å². The zero-order valence-corrected chi connectivity index (χ0v) is 19.9. The van der Waals surface area contributed by atoms with E-state index in [1.54, 1.807) is 17.0 Å². The average Bonchev–Trinajstić information content (AvgIpc) is 3.21. The molecule has 1 aliphatic rings. The van der Waals surface area contributed by atoms with E-state index in [-0.39, 0.29) is 17.7 Å². The van der Waals surface area contributed by atoms with Crippen molar-refractivity contribution in [3.8, 4) is 0 Å². The van der Waals surface area contributed by atoms with Gasteiger partial charge in [-0.1, -0.05) is 32.1 Å². The third kappa shape index (κ3) is 4.59. The van der Waals surface area contributed by atoms with Gasteiger partial charge in [-0.3, -0.25) is 14.4 Å². The van der Waals surface area contributed by atoms with Crippen LogP contribution < -0.4 is 15.5 Å². The van der Waals surface area contributed by atoms with Crippen LogP contribution in [0.15, 0.2) is 54.6 Å². The first-order chi connectivity index (χ1) is 16.4. The summed E-state index contributed by atoms with van der Waals surface area (Å²) in [5.41, 5.74) is 4.35. The highest BCUT2D eigenvalue weighted by atomic mass is 16.2. The number of carbonyl (C=O) groups excluding carboxylic acids is 3. The van der Waals surface area contributed by atoms with Gasteiger partial charge >= 0.3 is 0 Å². The summed E-state index contributed by atoms with van der Waals surface area (Å²) in [6.07, 6.45) is 5.07. The molecule has 34 heavy (non-hydrogen) atoms. The standard InChI is InChI=1S/C27H30N4O3/c1-4-6-7-25(32)31(13-5-2)22-17-21(11-8-18(22)3)29-26(33)20-10-9-19-15-24-27(34)28-12-14-30(24)23(19)16-20/h6-11,15-17H,4-5,12-14H2,1-3H3,(H,28,34)(H,29,33)/b7-6+. The van der Waals surface area contributed by atoms with Crippen LogP contribution in [0.3, 0.4) is 0 Å². The molecule has 0 bridgehead atoms. The lowest BCUT2D eigenvalue weighted by Gasteiger charge is -2.23. The second-order valence-corrected chi connectivity index (χ2v) is 8.47. The van der Waals surface area contributed by atoms with Gasteiger partial charge in [0.15, 0.2) is 0 Å². The number of fused-ring (bicyclic) bond motifs is 3. The summed E-state index contributed by atoms with van der Waals surface area (Å²) in [6.45, 7) is 7.81. The Morgan fingerprint density at radius 3 is 2.74 bits per heavy atom. The number of carbonyl (C=O) groups is 3. The van der Waals surface area contributed by atoms with Crippen LogP contribution in [0.4, 0.5) is 11.4 Å². The number of nitrogens with one attached hydrogen (secondary N) is 2. The molecule has 1 aromatic heterocycles. The van der Waals surface area contributed by atoms with Crippen LogP contribution in [-0.4, -0.2) is 35.4 Å². The Morgan fingerprint density at radius 1 is 1.15 bits per heavy atom. The molecule has 0 fully saturated rings. The number of aromatic nitrogens is 1. The van der Waals surface area contributed by atoms with Crippen LogP contribution in [0.5, 0.6) is 0 Å². The van der Waals surface area contributed by atoms with Crippen LogP contribution in [-0.2, 0) is 11.3 Å². The maximum Gasteiger partial charge on any atom is 0.268 e. The molecule has 3 amide bonds. The van der Waals surface area contributed by atoms with Crippen molar-refractivity contribution in [2.24, 2.45) is 0 Å². The minimum Gasteiger partial charge on any atom is -0.349 e. The molecule has 4 rings (SSSR count). The smallest absolute Gasteiger partial charge is 0.268 e. The van der Waals surface area contributed by atoms with E-state index in [2.05, 4.69) is 10.6 Å². The second kappa shape index (κ2) is 9.95. The molecule has 0 aliphatic carbocycles. The minimum atomic E-state index is -0.244. The maximum absolute atomic E-state index is 13.1. The van der Waals surface area contributed by atoms with Gasteiger partial charge in [-0.15, -0.1) is 0 Å². The van der Waals surface area contributed by atoms with Crippen molar-refractivity contribution >= 4 is 40.0 Å². The summed E-state index contributed by atoms with van der Waals surface area (Å²) >= 11 is 0. The first-order valence-corrected chi connectivity index (χ1v) is 11.7. The first kappa shape index (κ1) is 23.3. The predicted octanol–water partition coefficient (Wildman–Crippen LogP) is 4.65. The molecule has 0 spiro atoms. The highest BCUT2D eigenvalue weighted by molar-refractivity contribution is 6.08. The van der Waals surface area contributed by atoms with Gasteiger partial charge in [0.2, 0.25) is 0 Å². The molecule has 0 radical (unpaired) electrons. The number of hydrogen-bond donors (Lipinski definition) is 2. The molecule has 1 aliphatic heterocycles. The number of nitrogens with zero attached hydrogens (tertiary/aromatic N) is 2. The van der Waals surface area contributed by atoms with Crippen molar-refractivity contribution in [1.82, 2.24) is 9.88 Å². The van der Waals surface area contributed by atoms with Crippen molar-refractivity contribution in [3.63, 3.8) is 0 Å². The lowest BCUT2D eigenvalue weighted by Crippen LogP contribution is -2.34. The fourth-order valence-electron chi connectivity index (χ4n) is 4.26. The van der Waals surface area contributed by atoms with Gasteiger partial charge in [-0.25, -0.2) is 0 Å². The molecular formula is C27H30N4O3. The van der Waals surface area contributed by atoms with Gasteiger partial charge < -0.3 is 20.1 Å². The molecule has 3 aromatic rings. The Balaban J connectivity index is 1.61. The Bertz CT molecular complexity index is 1290. The molecule has 0 saturated heterocycles. The van der Waals surface area contributed by atoms with E-state index >= 15 is 0 Å². The highest BCUT2D eigenvalue weighted by Gasteiger charge is 2.21. The van der Waals surface area contributed by atoms with Gasteiger partial charge in [0.1, 0.15) is 5.69 Å². The van der Waals surface area contributed by atoms with Crippen LogP contribution in [0.1, 0.15) is 53.1 Å². The first-order valence-electron chi connectivity index (χ1n) is 11.7. The normalized spacial score (nSPS) is 13.1. The summed E-state index contributed by atoms with van der Waals surface area (Å²) in [7, 11) is 0. The number of hydrogen-bond acceptors (Lipinski definition) is 3. The molecule has 0 atom stereocenters. The SMILES string of the molecule is CC/C=C/C(=O)N(CCC)c1cc(NC(=O)c2ccc3cc4n(c3c2)CCNC4=O)ccc1C. The number of allylic oxidation sites excluding steroid dienone is 1. The molecule has 0 unspecified atom stereocenters. The summed E-state index contributed by atoms with van der Waals surface area (Å²) in [5.74, 6) is -0.407. The van der Waals surface area contributed by atoms with Gasteiger partial charge in [0.05, 0.1) is 0 Å². The summed E-state index contributed by atoms with van der Waals surface area (Å²) in [6, 6.07) is 12.9. The molecule has 2 heterocycles. The van der Waals surface area contributed by atoms with E-state index in [4.69, 9.17) is 0 Å². The fraction of sp³-hybridized carbons (Fsp3) is 0.296. The highest BCUT2D eigenvalue weighted by Crippen LogP contribution is 2.27. The maximum atomic E-state index is 13.1. The Kier molecular flexibility index (Phi) is 6.82. The average molecular weight is 459 g/mol. The molecule has 0 saturated carbocycles. The van der Waals surface area contributed by atoms with E-state index in [1.807, 2.05) is 67.8 Å². The third-order valence-electron chi connectivity index (χ3n) is 5.99. The quantitative estimate of drug-likeness (QED) is 0.506. The molecule has 7 heteroatoms. The van der Waals surface area contributed by atoms with Crippen molar-refractivity contribution in [2.75, 3.05) is 23.3 Å². The molecule has 2 N–H and O–H groups in total. The van der Waals surface area contributed by atoms with Gasteiger partial charge in [-0.05, 0) is 61.7 Å². The number of rotatable bonds is 7. The van der Waals surface area contributed by atoms with E-state index in [0.717, 1.165) is 35.0 Å². The Hall–Kier alpha value is -3.87. The fourth-order valence-corrected chi connectivity index (χ4v) is 4.26. The number of benzene rings is 2. The topological polar surface area (TPSA) is 83.4 Å².